The molecule has 0 aliphatic rings. The van der Waals surface area contributed by atoms with E-state index in [4.69, 9.17) is 14.4 Å². The van der Waals surface area contributed by atoms with Gasteiger partial charge in [0.15, 0.2) is 0 Å². The van der Waals surface area contributed by atoms with Crippen molar-refractivity contribution in [2.75, 3.05) is 18.5 Å². The number of nitrogens with one attached hydrogen (secondary N) is 2. The second-order valence-corrected chi connectivity index (χ2v) is 4.52. The number of benzene rings is 1. The van der Waals surface area contributed by atoms with Gasteiger partial charge in [-0.25, -0.2) is 4.79 Å². The van der Waals surface area contributed by atoms with Crippen LogP contribution in [0.1, 0.15) is 17.7 Å². The van der Waals surface area contributed by atoms with Crippen molar-refractivity contribution in [2.24, 2.45) is 0 Å². The number of furan rings is 1. The van der Waals surface area contributed by atoms with Gasteiger partial charge in [0.1, 0.15) is 18.4 Å². The van der Waals surface area contributed by atoms with E-state index in [9.17, 15) is 4.79 Å². The molecule has 0 atom stereocenters. The first-order valence-electron chi connectivity index (χ1n) is 6.93. The second-order valence-electron chi connectivity index (χ2n) is 4.52. The first kappa shape index (κ1) is 15.6. The van der Waals surface area contributed by atoms with Gasteiger partial charge in [-0.2, -0.15) is 5.26 Å². The van der Waals surface area contributed by atoms with Crippen LogP contribution in [0.4, 0.5) is 10.5 Å². The maximum atomic E-state index is 11.7. The van der Waals surface area contributed by atoms with Crippen molar-refractivity contribution in [3.8, 4) is 6.07 Å². The molecule has 114 valence electrons. The van der Waals surface area contributed by atoms with Crippen LogP contribution in [-0.2, 0) is 11.3 Å². The molecule has 2 amide bonds. The molecule has 0 spiro atoms. The second kappa shape index (κ2) is 8.49. The third-order valence-corrected chi connectivity index (χ3v) is 2.87. The average molecular weight is 299 g/mol. The topological polar surface area (TPSA) is 87.3 Å². The summed E-state index contributed by atoms with van der Waals surface area (Å²) < 4.78 is 10.5. The Morgan fingerprint density at radius 2 is 2.14 bits per heavy atom. The Bertz CT molecular complexity index is 632. The molecule has 1 aromatic heterocycles. The molecule has 1 aromatic carbocycles. The van der Waals surface area contributed by atoms with Crippen molar-refractivity contribution in [3.05, 3.63) is 54.0 Å². The van der Waals surface area contributed by atoms with Gasteiger partial charge in [-0.3, -0.25) is 0 Å². The van der Waals surface area contributed by atoms with E-state index in [0.29, 0.717) is 37.4 Å². The molecule has 2 aromatic rings. The zero-order valence-electron chi connectivity index (χ0n) is 12.0. The van der Waals surface area contributed by atoms with Crippen molar-refractivity contribution in [1.82, 2.24) is 5.32 Å². The number of nitriles is 1. The molecule has 2 rings (SSSR count). The van der Waals surface area contributed by atoms with Crippen molar-refractivity contribution in [3.63, 3.8) is 0 Å². The standard InChI is InChI=1S/C16H17N3O3/c17-11-13-5-1-2-7-15(13)19-16(20)18-8-4-9-21-12-14-6-3-10-22-14/h1-3,5-7,10H,4,8-9,12H2,(H2,18,19,20). The third-order valence-electron chi connectivity index (χ3n) is 2.87. The summed E-state index contributed by atoms with van der Waals surface area (Å²) in [7, 11) is 0. The van der Waals surface area contributed by atoms with E-state index in [2.05, 4.69) is 10.6 Å². The van der Waals surface area contributed by atoms with E-state index in [1.54, 1.807) is 30.5 Å². The number of ether oxygens (including phenoxy) is 1. The highest BCUT2D eigenvalue weighted by Crippen LogP contribution is 2.12. The van der Waals surface area contributed by atoms with Crippen LogP contribution < -0.4 is 10.6 Å². The zero-order valence-corrected chi connectivity index (χ0v) is 12.0. The number of anilines is 1. The van der Waals surface area contributed by atoms with Gasteiger partial charge < -0.3 is 19.8 Å². The van der Waals surface area contributed by atoms with Crippen molar-refractivity contribution in [1.29, 1.82) is 5.26 Å². The van der Waals surface area contributed by atoms with Gasteiger partial charge >= 0.3 is 6.03 Å². The van der Waals surface area contributed by atoms with Crippen LogP contribution in [0.15, 0.2) is 47.1 Å². The van der Waals surface area contributed by atoms with Crippen LogP contribution >= 0.6 is 0 Å². The first-order valence-corrected chi connectivity index (χ1v) is 6.93. The Kier molecular flexibility index (Phi) is 6.03. The van der Waals surface area contributed by atoms with Gasteiger partial charge in [-0.15, -0.1) is 0 Å². The Hall–Kier alpha value is -2.78. The number of para-hydroxylation sites is 1. The van der Waals surface area contributed by atoms with E-state index in [1.807, 2.05) is 18.2 Å². The summed E-state index contributed by atoms with van der Waals surface area (Å²) in [4.78, 5) is 11.7. The first-order chi connectivity index (χ1) is 10.8. The summed E-state index contributed by atoms with van der Waals surface area (Å²) in [5.41, 5.74) is 0.927. The minimum atomic E-state index is -0.339. The Morgan fingerprint density at radius 3 is 2.91 bits per heavy atom. The predicted molar refractivity (Wildman–Crippen MR) is 81.2 cm³/mol. The molecule has 0 saturated carbocycles. The maximum Gasteiger partial charge on any atom is 0.319 e. The number of amides is 2. The number of carbonyl (C=O) groups is 1. The Labute approximate surface area is 128 Å². The number of urea groups is 1. The van der Waals surface area contributed by atoms with Crippen LogP contribution in [0.3, 0.4) is 0 Å². The lowest BCUT2D eigenvalue weighted by molar-refractivity contribution is 0.104. The van der Waals surface area contributed by atoms with Gasteiger partial charge in [-0.05, 0) is 30.7 Å². The fourth-order valence-electron chi connectivity index (χ4n) is 1.80. The Morgan fingerprint density at radius 1 is 1.27 bits per heavy atom. The van der Waals surface area contributed by atoms with Crippen LogP contribution in [-0.4, -0.2) is 19.2 Å². The molecule has 0 saturated heterocycles. The lowest BCUT2D eigenvalue weighted by Gasteiger charge is -2.08. The average Bonchev–Trinajstić information content (AvgIpc) is 3.04. The number of hydrogen-bond donors (Lipinski definition) is 2. The van der Waals surface area contributed by atoms with Crippen LogP contribution in [0.2, 0.25) is 0 Å². The lowest BCUT2D eigenvalue weighted by atomic mass is 10.2. The normalized spacial score (nSPS) is 9.95. The van der Waals surface area contributed by atoms with Crippen molar-refractivity contribution in [2.45, 2.75) is 13.0 Å². The smallest absolute Gasteiger partial charge is 0.319 e. The maximum absolute atomic E-state index is 11.7. The molecule has 22 heavy (non-hydrogen) atoms. The quantitative estimate of drug-likeness (QED) is 0.769. The highest BCUT2D eigenvalue weighted by atomic mass is 16.5. The zero-order chi connectivity index (χ0) is 15.6. The molecular weight excluding hydrogens is 282 g/mol. The predicted octanol–water partition coefficient (Wildman–Crippen LogP) is 2.88. The fourth-order valence-corrected chi connectivity index (χ4v) is 1.80. The summed E-state index contributed by atoms with van der Waals surface area (Å²) in [6.07, 6.45) is 2.29. The van der Waals surface area contributed by atoms with Crippen LogP contribution in [0.25, 0.3) is 0 Å². The summed E-state index contributed by atoms with van der Waals surface area (Å²) in [6, 6.07) is 12.2. The van der Waals surface area contributed by atoms with Gasteiger partial charge in [0.05, 0.1) is 17.5 Å². The minimum absolute atomic E-state index is 0.339. The summed E-state index contributed by atoms with van der Waals surface area (Å²) >= 11 is 0. The van der Waals surface area contributed by atoms with Gasteiger partial charge in [-0.1, -0.05) is 12.1 Å². The molecule has 0 aliphatic carbocycles. The Balaban J connectivity index is 1.61. The number of carbonyl (C=O) groups excluding carboxylic acids is 1. The van der Waals surface area contributed by atoms with Crippen LogP contribution in [0.5, 0.6) is 0 Å². The molecule has 0 unspecified atom stereocenters. The van der Waals surface area contributed by atoms with E-state index >= 15 is 0 Å². The number of nitrogens with zero attached hydrogens (tertiary/aromatic N) is 1. The molecule has 0 fully saturated rings. The van der Waals surface area contributed by atoms with Gasteiger partial charge in [0, 0.05) is 13.2 Å². The third kappa shape index (κ3) is 4.96. The van der Waals surface area contributed by atoms with Crippen molar-refractivity contribution >= 4 is 11.7 Å². The summed E-state index contributed by atoms with van der Waals surface area (Å²) in [6.45, 7) is 1.43. The highest BCUT2D eigenvalue weighted by Gasteiger charge is 2.05. The molecule has 6 nitrogen and oxygen atoms in total. The fraction of sp³-hybridized carbons (Fsp3) is 0.250. The highest BCUT2D eigenvalue weighted by molar-refractivity contribution is 5.90. The SMILES string of the molecule is N#Cc1ccccc1NC(=O)NCCCOCc1ccco1. The summed E-state index contributed by atoms with van der Waals surface area (Å²) in [5.74, 6) is 0.777. The van der Waals surface area contributed by atoms with E-state index < -0.39 is 0 Å². The van der Waals surface area contributed by atoms with E-state index in [1.165, 1.54) is 0 Å². The van der Waals surface area contributed by atoms with Crippen LogP contribution in [0, 0.1) is 11.3 Å². The summed E-state index contributed by atoms with van der Waals surface area (Å²) in [5, 5.41) is 14.3. The van der Waals surface area contributed by atoms with Gasteiger partial charge in [0.25, 0.3) is 0 Å². The van der Waals surface area contributed by atoms with Crippen molar-refractivity contribution < 1.29 is 13.9 Å². The molecule has 6 heteroatoms. The molecule has 0 radical (unpaired) electrons. The largest absolute Gasteiger partial charge is 0.467 e. The molecule has 0 bridgehead atoms. The number of rotatable bonds is 7. The molecule has 0 aliphatic heterocycles. The molecule has 1 heterocycles. The van der Waals surface area contributed by atoms with E-state index in [0.717, 1.165) is 5.76 Å². The van der Waals surface area contributed by atoms with E-state index in [-0.39, 0.29) is 6.03 Å². The van der Waals surface area contributed by atoms with Gasteiger partial charge in [0.2, 0.25) is 0 Å². The monoisotopic (exact) mass is 299 g/mol. The molecular formula is C16H17N3O3. The number of hydrogen-bond acceptors (Lipinski definition) is 4. The molecule has 2 N–H and O–H groups in total. The minimum Gasteiger partial charge on any atom is -0.467 e. The lowest BCUT2D eigenvalue weighted by Crippen LogP contribution is -2.30.